The molecule has 39 heavy (non-hydrogen) atoms. The predicted octanol–water partition coefficient (Wildman–Crippen LogP) is 6.28. The van der Waals surface area contributed by atoms with Crippen molar-refractivity contribution in [2.45, 2.75) is 65.1 Å². The van der Waals surface area contributed by atoms with Crippen molar-refractivity contribution in [1.82, 2.24) is 10.2 Å². The number of nitrogens with one attached hydrogen (secondary N) is 2. The molecule has 0 aliphatic carbocycles. The zero-order chi connectivity index (χ0) is 28.6. The van der Waals surface area contributed by atoms with Crippen molar-refractivity contribution >= 4 is 47.0 Å². The van der Waals surface area contributed by atoms with Gasteiger partial charge in [0.15, 0.2) is 0 Å². The molecule has 0 aliphatic rings. The Bertz CT molecular complexity index is 1290. The average molecular weight is 550 g/mol. The first-order chi connectivity index (χ1) is 18.5. The molecular weight excluding hydrogens is 510 g/mol. The lowest BCUT2D eigenvalue weighted by Crippen LogP contribution is -2.53. The number of carbonyl (C=O) groups is 3. The van der Waals surface area contributed by atoms with Gasteiger partial charge in [0.1, 0.15) is 17.7 Å². The Hall–Kier alpha value is -3.52. The number of aryl methyl sites for hydroxylation is 1. The number of hydrogen-bond acceptors (Lipinski definition) is 5. The second kappa shape index (κ2) is 13.5. The van der Waals surface area contributed by atoms with Crippen LogP contribution in [0.1, 0.15) is 57.7 Å². The molecule has 2 atom stereocenters. The number of hydrogen-bond donors (Lipinski definition) is 3. The maximum atomic E-state index is 13.9. The van der Waals surface area contributed by atoms with E-state index in [1.54, 1.807) is 25.7 Å². The van der Waals surface area contributed by atoms with Crippen LogP contribution in [-0.4, -0.2) is 46.7 Å². The number of ether oxygens (including phenoxy) is 1. The third kappa shape index (κ3) is 8.48. The summed E-state index contributed by atoms with van der Waals surface area (Å²) in [5.74, 6) is -0.689. The van der Waals surface area contributed by atoms with Crippen LogP contribution in [0, 0.1) is 6.92 Å². The zero-order valence-corrected chi connectivity index (χ0v) is 24.3. The minimum absolute atomic E-state index is 0.0492. The number of anilines is 1. The summed E-state index contributed by atoms with van der Waals surface area (Å²) in [6.07, 6.45) is 0.794. The number of nitrogens with zero attached hydrogens (tertiary/aromatic N) is 1. The number of unbranched alkanes of at least 4 members (excludes halogenated alkanes) is 1. The molecule has 0 heterocycles. The van der Waals surface area contributed by atoms with Crippen LogP contribution in [0.25, 0.3) is 10.8 Å². The van der Waals surface area contributed by atoms with E-state index in [0.717, 1.165) is 22.8 Å². The molecule has 0 radical (unpaired) electrons. The molecule has 3 rings (SSSR count). The van der Waals surface area contributed by atoms with Crippen LogP contribution >= 0.6 is 12.6 Å². The Morgan fingerprint density at radius 2 is 1.64 bits per heavy atom. The van der Waals surface area contributed by atoms with Gasteiger partial charge in [-0.3, -0.25) is 9.59 Å². The van der Waals surface area contributed by atoms with E-state index < -0.39 is 29.7 Å². The van der Waals surface area contributed by atoms with Crippen molar-refractivity contribution in [3.05, 3.63) is 77.9 Å². The number of carbonyl (C=O) groups excluding carboxylic acids is 3. The Morgan fingerprint density at radius 3 is 2.26 bits per heavy atom. The fourth-order valence-corrected chi connectivity index (χ4v) is 4.48. The van der Waals surface area contributed by atoms with Crippen molar-refractivity contribution in [3.8, 4) is 0 Å². The smallest absolute Gasteiger partial charge is 0.408 e. The van der Waals surface area contributed by atoms with Gasteiger partial charge in [-0.15, -0.1) is 0 Å². The predicted molar refractivity (Wildman–Crippen MR) is 160 cm³/mol. The molecule has 0 fully saturated rings. The molecule has 3 aromatic rings. The number of amides is 3. The van der Waals surface area contributed by atoms with Crippen LogP contribution in [0.2, 0.25) is 0 Å². The van der Waals surface area contributed by atoms with E-state index >= 15 is 0 Å². The van der Waals surface area contributed by atoms with E-state index in [-0.39, 0.29) is 11.7 Å². The van der Waals surface area contributed by atoms with E-state index in [4.69, 9.17) is 4.74 Å². The third-order valence-corrected chi connectivity index (χ3v) is 6.54. The molecule has 2 unspecified atom stereocenters. The molecule has 3 amide bonds. The van der Waals surface area contributed by atoms with Gasteiger partial charge in [0.25, 0.3) is 5.91 Å². The molecule has 0 bridgehead atoms. The number of rotatable bonds is 10. The van der Waals surface area contributed by atoms with Crippen molar-refractivity contribution in [3.63, 3.8) is 0 Å². The van der Waals surface area contributed by atoms with Gasteiger partial charge in [0.2, 0.25) is 5.91 Å². The second-order valence-electron chi connectivity index (χ2n) is 10.6. The highest BCUT2D eigenvalue weighted by atomic mass is 32.1. The normalized spacial score (nSPS) is 12.9. The van der Waals surface area contributed by atoms with E-state index in [1.165, 1.54) is 0 Å². The van der Waals surface area contributed by atoms with Gasteiger partial charge in [-0.25, -0.2) is 4.79 Å². The maximum absolute atomic E-state index is 13.9. The van der Waals surface area contributed by atoms with Crippen molar-refractivity contribution < 1.29 is 19.1 Å². The van der Waals surface area contributed by atoms with Gasteiger partial charge < -0.3 is 20.3 Å². The molecular formula is C31H39N3O4S. The molecule has 0 saturated heterocycles. The van der Waals surface area contributed by atoms with E-state index in [0.29, 0.717) is 24.2 Å². The van der Waals surface area contributed by atoms with Crippen LogP contribution in [-0.2, 0) is 14.3 Å². The standard InChI is InChI=1S/C31H39N3O4S/c1-6-7-18-34(29(36)26(20-39)33-30(37)38-31(3,4)5)27(23-14-12-21(2)13-15-23)28(35)32-25-17-16-22-10-8-9-11-24(22)19-25/h8-17,19,26-27,39H,6-7,18,20H2,1-5H3,(H,32,35)(H,33,37). The summed E-state index contributed by atoms with van der Waals surface area (Å²) < 4.78 is 5.37. The first-order valence-corrected chi connectivity index (χ1v) is 13.9. The molecule has 208 valence electrons. The summed E-state index contributed by atoms with van der Waals surface area (Å²) in [7, 11) is 0. The molecule has 7 nitrogen and oxygen atoms in total. The molecule has 3 aromatic carbocycles. The van der Waals surface area contributed by atoms with Crippen LogP contribution in [0.3, 0.4) is 0 Å². The van der Waals surface area contributed by atoms with E-state index in [1.807, 2.05) is 80.6 Å². The van der Waals surface area contributed by atoms with Gasteiger partial charge in [-0.05, 0) is 62.6 Å². The number of alkyl carbamates (subject to hydrolysis) is 1. The topological polar surface area (TPSA) is 87.7 Å². The molecule has 0 saturated carbocycles. The summed E-state index contributed by atoms with van der Waals surface area (Å²) in [5, 5.41) is 7.73. The van der Waals surface area contributed by atoms with Gasteiger partial charge in [-0.2, -0.15) is 12.6 Å². The Labute approximate surface area is 236 Å². The summed E-state index contributed by atoms with van der Waals surface area (Å²) in [6.45, 7) is 9.58. The molecule has 8 heteroatoms. The highest BCUT2D eigenvalue weighted by Gasteiger charge is 2.35. The Kier molecular flexibility index (Phi) is 10.4. The highest BCUT2D eigenvalue weighted by Crippen LogP contribution is 2.27. The van der Waals surface area contributed by atoms with Gasteiger partial charge in [-0.1, -0.05) is 73.5 Å². The second-order valence-corrected chi connectivity index (χ2v) is 11.0. The summed E-state index contributed by atoms with van der Waals surface area (Å²) >= 11 is 4.34. The molecule has 0 spiro atoms. The highest BCUT2D eigenvalue weighted by molar-refractivity contribution is 7.80. The first kappa shape index (κ1) is 30.0. The molecule has 2 N–H and O–H groups in total. The molecule has 0 aromatic heterocycles. The minimum atomic E-state index is -0.971. The summed E-state index contributed by atoms with van der Waals surface area (Å²) in [6, 6.07) is 19.3. The fraction of sp³-hybridized carbons (Fsp3) is 0.387. The zero-order valence-electron chi connectivity index (χ0n) is 23.4. The Morgan fingerprint density at radius 1 is 0.974 bits per heavy atom. The van der Waals surface area contributed by atoms with Crippen LogP contribution in [0.5, 0.6) is 0 Å². The first-order valence-electron chi connectivity index (χ1n) is 13.3. The van der Waals surface area contributed by atoms with E-state index in [2.05, 4.69) is 23.3 Å². The SMILES string of the molecule is CCCCN(C(=O)C(CS)NC(=O)OC(C)(C)C)C(C(=O)Nc1ccc2ccccc2c1)c1ccc(C)cc1. The lowest BCUT2D eigenvalue weighted by Gasteiger charge is -2.34. The Balaban J connectivity index is 1.97. The third-order valence-electron chi connectivity index (χ3n) is 6.18. The lowest BCUT2D eigenvalue weighted by molar-refractivity contribution is -0.140. The average Bonchev–Trinajstić information content (AvgIpc) is 2.89. The number of fused-ring (bicyclic) bond motifs is 1. The molecule has 0 aliphatic heterocycles. The summed E-state index contributed by atoms with van der Waals surface area (Å²) in [4.78, 5) is 41.9. The minimum Gasteiger partial charge on any atom is -0.444 e. The van der Waals surface area contributed by atoms with Crippen molar-refractivity contribution in [1.29, 1.82) is 0 Å². The quantitative estimate of drug-likeness (QED) is 0.260. The van der Waals surface area contributed by atoms with Crippen molar-refractivity contribution in [2.24, 2.45) is 0 Å². The monoisotopic (exact) mass is 549 g/mol. The van der Waals surface area contributed by atoms with Crippen molar-refractivity contribution in [2.75, 3.05) is 17.6 Å². The van der Waals surface area contributed by atoms with Gasteiger partial charge in [0, 0.05) is 18.0 Å². The van der Waals surface area contributed by atoms with Crippen LogP contribution in [0.15, 0.2) is 66.7 Å². The van der Waals surface area contributed by atoms with Crippen LogP contribution in [0.4, 0.5) is 10.5 Å². The maximum Gasteiger partial charge on any atom is 0.408 e. The number of benzene rings is 3. The van der Waals surface area contributed by atoms with Gasteiger partial charge in [0.05, 0.1) is 0 Å². The lowest BCUT2D eigenvalue weighted by atomic mass is 10.0. The van der Waals surface area contributed by atoms with E-state index in [9.17, 15) is 14.4 Å². The largest absolute Gasteiger partial charge is 0.444 e. The fourth-order valence-electron chi connectivity index (χ4n) is 4.23. The number of thiol groups is 1. The van der Waals surface area contributed by atoms with Gasteiger partial charge >= 0.3 is 6.09 Å². The summed E-state index contributed by atoms with van der Waals surface area (Å²) in [5.41, 5.74) is 1.63. The van der Waals surface area contributed by atoms with Crippen LogP contribution < -0.4 is 10.6 Å².